The first-order valence-corrected chi connectivity index (χ1v) is 6.26. The van der Waals surface area contributed by atoms with Gasteiger partial charge in [-0.1, -0.05) is 23.7 Å². The molecule has 0 bridgehead atoms. The van der Waals surface area contributed by atoms with Crippen LogP contribution >= 0.6 is 11.6 Å². The first-order chi connectivity index (χ1) is 9.52. The summed E-state index contributed by atoms with van der Waals surface area (Å²) < 4.78 is 0. The summed E-state index contributed by atoms with van der Waals surface area (Å²) in [5.74, 6) is -1.12. The van der Waals surface area contributed by atoms with Crippen LogP contribution in [0.5, 0.6) is 0 Å². The SMILES string of the molecule is N#CCCN(CC(=O)O)C(=O)NCc1ccc(Cl)cc1. The van der Waals surface area contributed by atoms with Gasteiger partial charge in [-0.2, -0.15) is 5.26 Å². The van der Waals surface area contributed by atoms with Crippen LogP contribution in [0, 0.1) is 11.3 Å². The van der Waals surface area contributed by atoms with E-state index in [1.165, 1.54) is 0 Å². The van der Waals surface area contributed by atoms with Crippen LogP contribution < -0.4 is 5.32 Å². The van der Waals surface area contributed by atoms with Gasteiger partial charge < -0.3 is 15.3 Å². The number of carbonyl (C=O) groups excluding carboxylic acids is 1. The molecule has 106 valence electrons. The van der Waals surface area contributed by atoms with Crippen molar-refractivity contribution in [2.45, 2.75) is 13.0 Å². The van der Waals surface area contributed by atoms with Crippen molar-refractivity contribution in [3.63, 3.8) is 0 Å². The summed E-state index contributed by atoms with van der Waals surface area (Å²) in [4.78, 5) is 23.6. The molecule has 1 aromatic rings. The number of amides is 2. The fraction of sp³-hybridized carbons (Fsp3) is 0.308. The van der Waals surface area contributed by atoms with Gasteiger partial charge in [-0.25, -0.2) is 4.79 Å². The topological polar surface area (TPSA) is 93.4 Å². The average molecular weight is 296 g/mol. The lowest BCUT2D eigenvalue weighted by Crippen LogP contribution is -2.42. The van der Waals surface area contributed by atoms with Gasteiger partial charge in [0.2, 0.25) is 0 Å². The van der Waals surface area contributed by atoms with Crippen molar-refractivity contribution in [3.05, 3.63) is 34.9 Å². The van der Waals surface area contributed by atoms with Crippen molar-refractivity contribution in [3.8, 4) is 6.07 Å². The minimum absolute atomic E-state index is 0.0786. The van der Waals surface area contributed by atoms with E-state index < -0.39 is 18.5 Å². The van der Waals surface area contributed by atoms with Crippen LogP contribution in [0.1, 0.15) is 12.0 Å². The Labute approximate surface area is 121 Å². The Morgan fingerprint density at radius 3 is 2.55 bits per heavy atom. The van der Waals surface area contributed by atoms with Crippen LogP contribution in [-0.4, -0.2) is 35.1 Å². The van der Waals surface area contributed by atoms with E-state index in [2.05, 4.69) is 5.32 Å². The molecular formula is C13H14ClN3O3. The van der Waals surface area contributed by atoms with Crippen LogP contribution in [0.3, 0.4) is 0 Å². The molecule has 0 fully saturated rings. The molecule has 0 heterocycles. The molecule has 0 unspecified atom stereocenters. The smallest absolute Gasteiger partial charge is 0.323 e. The number of carboxylic acids is 1. The number of hydrogen-bond acceptors (Lipinski definition) is 3. The predicted molar refractivity (Wildman–Crippen MR) is 73.1 cm³/mol. The number of aliphatic carboxylic acids is 1. The molecule has 0 saturated carbocycles. The number of nitriles is 1. The number of benzene rings is 1. The number of carboxylic acid groups (broad SMARTS) is 1. The Hall–Kier alpha value is -2.26. The highest BCUT2D eigenvalue weighted by Crippen LogP contribution is 2.09. The van der Waals surface area contributed by atoms with E-state index >= 15 is 0 Å². The summed E-state index contributed by atoms with van der Waals surface area (Å²) in [5.41, 5.74) is 0.846. The highest BCUT2D eigenvalue weighted by Gasteiger charge is 2.15. The maximum Gasteiger partial charge on any atom is 0.323 e. The first-order valence-electron chi connectivity index (χ1n) is 5.89. The van der Waals surface area contributed by atoms with E-state index in [0.29, 0.717) is 5.02 Å². The summed E-state index contributed by atoms with van der Waals surface area (Å²) in [5, 5.41) is 20.4. The summed E-state index contributed by atoms with van der Waals surface area (Å²) in [6, 6.07) is 8.29. The molecule has 2 amide bonds. The molecular weight excluding hydrogens is 282 g/mol. The molecule has 0 radical (unpaired) electrons. The molecule has 0 aliphatic heterocycles. The van der Waals surface area contributed by atoms with Gasteiger partial charge in [0.1, 0.15) is 6.54 Å². The van der Waals surface area contributed by atoms with E-state index in [9.17, 15) is 9.59 Å². The minimum atomic E-state index is -1.12. The fourth-order valence-corrected chi connectivity index (χ4v) is 1.62. The van der Waals surface area contributed by atoms with Crippen LogP contribution in [0.4, 0.5) is 4.79 Å². The molecule has 1 aromatic carbocycles. The van der Waals surface area contributed by atoms with Crippen molar-refractivity contribution >= 4 is 23.6 Å². The van der Waals surface area contributed by atoms with Gasteiger partial charge in [-0.15, -0.1) is 0 Å². The average Bonchev–Trinajstić information content (AvgIpc) is 2.42. The Morgan fingerprint density at radius 2 is 2.00 bits per heavy atom. The van der Waals surface area contributed by atoms with Gasteiger partial charge in [0.15, 0.2) is 0 Å². The summed E-state index contributed by atoms with van der Waals surface area (Å²) in [6.45, 7) is -0.0952. The molecule has 1 rings (SSSR count). The van der Waals surface area contributed by atoms with Gasteiger partial charge in [-0.05, 0) is 17.7 Å². The predicted octanol–water partition coefficient (Wildman–Crippen LogP) is 1.85. The largest absolute Gasteiger partial charge is 0.480 e. The Kier molecular flexibility index (Phi) is 6.33. The minimum Gasteiger partial charge on any atom is -0.480 e. The maximum absolute atomic E-state index is 11.8. The van der Waals surface area contributed by atoms with Gasteiger partial charge in [-0.3, -0.25) is 4.79 Å². The second-order valence-corrected chi connectivity index (χ2v) is 4.45. The molecule has 0 aliphatic carbocycles. The van der Waals surface area contributed by atoms with Crippen molar-refractivity contribution < 1.29 is 14.7 Å². The molecule has 0 aromatic heterocycles. The molecule has 0 saturated heterocycles. The van der Waals surface area contributed by atoms with E-state index in [1.54, 1.807) is 24.3 Å². The summed E-state index contributed by atoms with van der Waals surface area (Å²) in [6.07, 6.45) is 0.0850. The zero-order valence-electron chi connectivity index (χ0n) is 10.7. The van der Waals surface area contributed by atoms with Crippen LogP contribution in [0.2, 0.25) is 5.02 Å². The van der Waals surface area contributed by atoms with Crippen molar-refractivity contribution in [1.82, 2.24) is 10.2 Å². The molecule has 0 spiro atoms. The van der Waals surface area contributed by atoms with Gasteiger partial charge >= 0.3 is 12.0 Å². The second kappa shape index (κ2) is 8.02. The first kappa shape index (κ1) is 15.8. The zero-order valence-corrected chi connectivity index (χ0v) is 11.4. The lowest BCUT2D eigenvalue weighted by atomic mass is 10.2. The number of urea groups is 1. The highest BCUT2D eigenvalue weighted by molar-refractivity contribution is 6.30. The number of nitrogens with zero attached hydrogens (tertiary/aromatic N) is 2. The van der Waals surface area contributed by atoms with Crippen molar-refractivity contribution in [1.29, 1.82) is 5.26 Å². The van der Waals surface area contributed by atoms with E-state index in [0.717, 1.165) is 10.5 Å². The third kappa shape index (κ3) is 5.59. The number of hydrogen-bond donors (Lipinski definition) is 2. The van der Waals surface area contributed by atoms with Crippen LogP contribution in [-0.2, 0) is 11.3 Å². The standard InChI is InChI=1S/C13H14ClN3O3/c14-11-4-2-10(3-5-11)8-16-13(20)17(7-1-6-15)9-12(18)19/h2-5H,1,7-9H2,(H,16,20)(H,18,19). The summed E-state index contributed by atoms with van der Waals surface area (Å²) >= 11 is 5.75. The molecule has 0 atom stereocenters. The van der Waals surface area contributed by atoms with Gasteiger partial charge in [0.05, 0.1) is 12.5 Å². The van der Waals surface area contributed by atoms with Gasteiger partial charge in [0, 0.05) is 18.1 Å². The third-order valence-electron chi connectivity index (χ3n) is 2.46. The van der Waals surface area contributed by atoms with E-state index in [-0.39, 0.29) is 19.5 Å². The number of nitrogens with one attached hydrogen (secondary N) is 1. The van der Waals surface area contributed by atoms with Gasteiger partial charge in [0.25, 0.3) is 0 Å². The number of rotatable bonds is 6. The number of carbonyl (C=O) groups is 2. The number of halogens is 1. The highest BCUT2D eigenvalue weighted by atomic mass is 35.5. The molecule has 0 aliphatic rings. The molecule has 6 nitrogen and oxygen atoms in total. The summed E-state index contributed by atoms with van der Waals surface area (Å²) in [7, 11) is 0. The maximum atomic E-state index is 11.8. The lowest BCUT2D eigenvalue weighted by Gasteiger charge is -2.19. The Bertz CT molecular complexity index is 511. The zero-order chi connectivity index (χ0) is 15.0. The monoisotopic (exact) mass is 295 g/mol. The second-order valence-electron chi connectivity index (χ2n) is 4.01. The van der Waals surface area contributed by atoms with Crippen LogP contribution in [0.15, 0.2) is 24.3 Å². The van der Waals surface area contributed by atoms with Crippen molar-refractivity contribution in [2.75, 3.05) is 13.1 Å². The normalized spacial score (nSPS) is 9.60. The molecule has 2 N–H and O–H groups in total. The lowest BCUT2D eigenvalue weighted by molar-refractivity contribution is -0.137. The Morgan fingerprint density at radius 1 is 1.35 bits per heavy atom. The quantitative estimate of drug-likeness (QED) is 0.837. The molecule has 7 heteroatoms. The van der Waals surface area contributed by atoms with E-state index in [1.807, 2.05) is 6.07 Å². The van der Waals surface area contributed by atoms with Crippen LogP contribution in [0.25, 0.3) is 0 Å². The van der Waals surface area contributed by atoms with E-state index in [4.69, 9.17) is 22.0 Å². The fourth-order valence-electron chi connectivity index (χ4n) is 1.49. The molecule has 20 heavy (non-hydrogen) atoms. The third-order valence-corrected chi connectivity index (χ3v) is 2.72. The van der Waals surface area contributed by atoms with Crippen molar-refractivity contribution in [2.24, 2.45) is 0 Å². The Balaban J connectivity index is 2.54.